The Hall–Kier alpha value is -4.57. The quantitative estimate of drug-likeness (QED) is 0.217. The summed E-state index contributed by atoms with van der Waals surface area (Å²) in [6.07, 6.45) is 0. The molecule has 2 aromatic heterocycles. The van der Waals surface area contributed by atoms with Crippen molar-refractivity contribution in [3.63, 3.8) is 0 Å². The van der Waals surface area contributed by atoms with Crippen molar-refractivity contribution in [3.8, 4) is 22.6 Å². The molecule has 2 N–H and O–H groups in total. The monoisotopic (exact) mass is 544 g/mol. The van der Waals surface area contributed by atoms with Gasteiger partial charge in [0.1, 0.15) is 23.1 Å². The molecule has 10 heteroatoms. The van der Waals surface area contributed by atoms with Crippen molar-refractivity contribution < 1.29 is 23.2 Å². The number of nitrogens with one attached hydrogen (secondary N) is 2. The highest BCUT2D eigenvalue weighted by molar-refractivity contribution is 7.22. The van der Waals surface area contributed by atoms with Gasteiger partial charge in [-0.15, -0.1) is 0 Å². The van der Waals surface area contributed by atoms with Crippen LogP contribution in [0, 0.1) is 11.7 Å². The summed E-state index contributed by atoms with van der Waals surface area (Å²) in [5, 5.41) is 10.9. The summed E-state index contributed by atoms with van der Waals surface area (Å²) in [6, 6.07) is 20.1. The number of thiazole rings is 1. The van der Waals surface area contributed by atoms with E-state index in [1.165, 1.54) is 30.6 Å². The van der Waals surface area contributed by atoms with Crippen molar-refractivity contribution in [2.75, 3.05) is 12.4 Å². The molecule has 2 heterocycles. The first-order valence-corrected chi connectivity index (χ1v) is 13.0. The van der Waals surface area contributed by atoms with Gasteiger partial charge in [0, 0.05) is 16.8 Å². The van der Waals surface area contributed by atoms with Crippen molar-refractivity contribution in [2.45, 2.75) is 19.9 Å². The molecule has 0 aliphatic carbocycles. The fourth-order valence-electron chi connectivity index (χ4n) is 4.11. The molecule has 5 aromatic rings. The summed E-state index contributed by atoms with van der Waals surface area (Å²) in [4.78, 5) is 30.4. The lowest BCUT2D eigenvalue weighted by Gasteiger charge is -2.20. The van der Waals surface area contributed by atoms with E-state index in [0.717, 1.165) is 10.4 Å². The van der Waals surface area contributed by atoms with Gasteiger partial charge < -0.3 is 19.9 Å². The second kappa shape index (κ2) is 11.0. The first-order chi connectivity index (χ1) is 18.8. The van der Waals surface area contributed by atoms with Gasteiger partial charge in [0.2, 0.25) is 0 Å². The second-order valence-electron chi connectivity index (χ2n) is 9.15. The van der Waals surface area contributed by atoms with Gasteiger partial charge in [-0.25, -0.2) is 14.2 Å². The molecular formula is C29H25FN4O4S. The van der Waals surface area contributed by atoms with Crippen LogP contribution in [0.4, 0.5) is 15.2 Å². The molecule has 5 rings (SSSR count). The number of methoxy groups -OCH3 is 1. The molecule has 1 amide bonds. The predicted octanol–water partition coefficient (Wildman–Crippen LogP) is 6.43. The van der Waals surface area contributed by atoms with Crippen LogP contribution in [0.1, 0.15) is 24.2 Å². The molecule has 0 fully saturated rings. The van der Waals surface area contributed by atoms with E-state index in [0.29, 0.717) is 33.2 Å². The van der Waals surface area contributed by atoms with Crippen LogP contribution in [-0.2, 0) is 9.53 Å². The Morgan fingerprint density at radius 2 is 1.74 bits per heavy atom. The Balaban J connectivity index is 1.47. The molecule has 0 saturated carbocycles. The Morgan fingerprint density at radius 1 is 1.00 bits per heavy atom. The maximum absolute atomic E-state index is 13.6. The molecule has 198 valence electrons. The van der Waals surface area contributed by atoms with Crippen molar-refractivity contribution in [2.24, 2.45) is 5.92 Å². The number of hydrogen-bond donors (Lipinski definition) is 2. The smallest absolute Gasteiger partial charge is 0.328 e. The van der Waals surface area contributed by atoms with Crippen LogP contribution in [0.5, 0.6) is 0 Å². The third-order valence-corrected chi connectivity index (χ3v) is 7.06. The van der Waals surface area contributed by atoms with Crippen LogP contribution in [0.15, 0.2) is 77.3 Å². The van der Waals surface area contributed by atoms with Gasteiger partial charge in [0.25, 0.3) is 5.91 Å². The van der Waals surface area contributed by atoms with E-state index in [-0.39, 0.29) is 17.3 Å². The molecule has 0 spiro atoms. The van der Waals surface area contributed by atoms with E-state index < -0.39 is 17.9 Å². The summed E-state index contributed by atoms with van der Waals surface area (Å²) in [5.74, 6) is -1.26. The number of esters is 1. The Labute approximate surface area is 227 Å². The van der Waals surface area contributed by atoms with Crippen LogP contribution < -0.4 is 10.6 Å². The van der Waals surface area contributed by atoms with Gasteiger partial charge in [0.15, 0.2) is 10.9 Å². The minimum Gasteiger partial charge on any atom is -0.467 e. The average molecular weight is 545 g/mol. The summed E-state index contributed by atoms with van der Waals surface area (Å²) in [7, 11) is 1.28. The van der Waals surface area contributed by atoms with Crippen molar-refractivity contribution in [3.05, 3.63) is 84.2 Å². The fraction of sp³-hybridized carbons (Fsp3) is 0.172. The van der Waals surface area contributed by atoms with Crippen molar-refractivity contribution in [1.82, 2.24) is 15.5 Å². The van der Waals surface area contributed by atoms with Crippen LogP contribution in [-0.4, -0.2) is 35.2 Å². The summed E-state index contributed by atoms with van der Waals surface area (Å²) in [5.41, 5.74) is 3.32. The Kier molecular flexibility index (Phi) is 7.38. The lowest BCUT2D eigenvalue weighted by molar-refractivity contribution is -0.144. The number of rotatable bonds is 8. The number of hydrogen-bond acceptors (Lipinski definition) is 8. The highest BCUT2D eigenvalue weighted by Gasteiger charge is 2.31. The molecule has 0 aliphatic heterocycles. The molecule has 1 unspecified atom stereocenters. The van der Waals surface area contributed by atoms with E-state index >= 15 is 0 Å². The zero-order valence-corrected chi connectivity index (χ0v) is 22.2. The van der Waals surface area contributed by atoms with Gasteiger partial charge in [-0.05, 0) is 36.2 Å². The largest absolute Gasteiger partial charge is 0.467 e. The molecule has 39 heavy (non-hydrogen) atoms. The molecule has 0 radical (unpaired) electrons. The number of ether oxygens (including phenoxy) is 1. The second-order valence-corrected chi connectivity index (χ2v) is 10.2. The van der Waals surface area contributed by atoms with E-state index in [4.69, 9.17) is 9.26 Å². The third-order valence-electron chi connectivity index (χ3n) is 6.12. The Bertz CT molecular complexity index is 1630. The van der Waals surface area contributed by atoms with Gasteiger partial charge >= 0.3 is 5.97 Å². The number of halogens is 1. The fourth-order valence-corrected chi connectivity index (χ4v) is 5.02. The zero-order valence-electron chi connectivity index (χ0n) is 21.4. The van der Waals surface area contributed by atoms with Crippen molar-refractivity contribution >= 4 is 44.2 Å². The lowest BCUT2D eigenvalue weighted by atomic mass is 9.99. The minimum atomic E-state index is -0.845. The highest BCUT2D eigenvalue weighted by atomic mass is 32.1. The maximum atomic E-state index is 13.6. The number of aromatic nitrogens is 2. The number of nitrogens with zero attached hydrogens (tertiary/aromatic N) is 2. The SMILES string of the molecule is COC(=O)C(NC(=O)c1c(-c2ccc(Nc3nc4ccc(F)cc4s3)cc2)noc1-c1ccccc1)C(C)C. The molecule has 0 aliphatic rings. The molecular weight excluding hydrogens is 519 g/mol. The van der Waals surface area contributed by atoms with Gasteiger partial charge in [0.05, 0.1) is 17.3 Å². The van der Waals surface area contributed by atoms with Gasteiger partial charge in [-0.1, -0.05) is 72.8 Å². The van der Waals surface area contributed by atoms with Gasteiger partial charge in [-0.2, -0.15) is 0 Å². The first kappa shape index (κ1) is 26.1. The number of benzene rings is 3. The van der Waals surface area contributed by atoms with Crippen molar-refractivity contribution in [1.29, 1.82) is 0 Å². The lowest BCUT2D eigenvalue weighted by Crippen LogP contribution is -2.45. The molecule has 1 atom stereocenters. The molecule has 0 saturated heterocycles. The highest BCUT2D eigenvalue weighted by Crippen LogP contribution is 2.34. The van der Waals surface area contributed by atoms with E-state index in [9.17, 15) is 14.0 Å². The normalized spacial score (nSPS) is 11.9. The number of fused-ring (bicyclic) bond motifs is 1. The zero-order chi connectivity index (χ0) is 27.5. The maximum Gasteiger partial charge on any atom is 0.328 e. The van der Waals surface area contributed by atoms with Crippen LogP contribution >= 0.6 is 11.3 Å². The minimum absolute atomic E-state index is 0.200. The summed E-state index contributed by atoms with van der Waals surface area (Å²) >= 11 is 1.35. The predicted molar refractivity (Wildman–Crippen MR) is 148 cm³/mol. The summed E-state index contributed by atoms with van der Waals surface area (Å²) in [6.45, 7) is 3.64. The van der Waals surface area contributed by atoms with E-state index in [2.05, 4.69) is 20.8 Å². The number of carbonyl (C=O) groups excluding carboxylic acids is 2. The van der Waals surface area contributed by atoms with E-state index in [1.54, 1.807) is 18.2 Å². The molecule has 0 bridgehead atoms. The van der Waals surface area contributed by atoms with Gasteiger partial charge in [-0.3, -0.25) is 4.79 Å². The molecule has 3 aromatic carbocycles. The number of amides is 1. The number of carbonyl (C=O) groups is 2. The Morgan fingerprint density at radius 3 is 2.44 bits per heavy atom. The summed E-state index contributed by atoms with van der Waals surface area (Å²) < 4.78 is 24.8. The third kappa shape index (κ3) is 5.51. The van der Waals surface area contributed by atoms with E-state index in [1.807, 2.05) is 56.3 Å². The molecule has 8 nitrogen and oxygen atoms in total. The standard InChI is InChI=1S/C29H25FN4O4S/c1-16(2)24(28(36)37-3)33-27(35)23-25(34-38-26(23)18-7-5-4-6-8-18)17-9-12-20(13-10-17)31-29-32-21-14-11-19(30)15-22(21)39-29/h4-16,24H,1-3H3,(H,31,32)(H,33,35). The van der Waals surface area contributed by atoms with Crippen LogP contribution in [0.25, 0.3) is 32.8 Å². The number of anilines is 2. The first-order valence-electron chi connectivity index (χ1n) is 12.2. The van der Waals surface area contributed by atoms with Crippen LogP contribution in [0.2, 0.25) is 0 Å². The average Bonchev–Trinajstić information content (AvgIpc) is 3.56. The topological polar surface area (TPSA) is 106 Å². The van der Waals surface area contributed by atoms with Crippen LogP contribution in [0.3, 0.4) is 0 Å².